The van der Waals surface area contributed by atoms with Gasteiger partial charge in [-0.25, -0.2) is 18.1 Å². The average molecular weight is 404 g/mol. The van der Waals surface area contributed by atoms with Crippen LogP contribution in [0.3, 0.4) is 0 Å². The van der Waals surface area contributed by atoms with Crippen LogP contribution in [0.2, 0.25) is 0 Å². The Kier molecular flexibility index (Phi) is 6.33. The van der Waals surface area contributed by atoms with Crippen LogP contribution < -0.4 is 4.72 Å². The van der Waals surface area contributed by atoms with Gasteiger partial charge in [0, 0.05) is 48.3 Å². The molecule has 6 nitrogen and oxygen atoms in total. The molecule has 27 heavy (non-hydrogen) atoms. The quantitative estimate of drug-likeness (QED) is 0.463. The highest BCUT2D eigenvalue weighted by molar-refractivity contribution is 7.91. The maximum absolute atomic E-state index is 12.8. The van der Waals surface area contributed by atoms with E-state index in [-0.39, 0.29) is 4.90 Å². The molecule has 0 saturated heterocycles. The molecule has 0 aliphatic carbocycles. The lowest BCUT2D eigenvalue weighted by molar-refractivity contribution is 0.569. The third kappa shape index (κ3) is 4.98. The fourth-order valence-electron chi connectivity index (χ4n) is 2.59. The van der Waals surface area contributed by atoms with Crippen molar-refractivity contribution in [3.63, 3.8) is 0 Å². The molecular formula is C19H21N3O3S2. The Bertz CT molecular complexity index is 975. The normalized spacial score (nSPS) is 12.8. The summed E-state index contributed by atoms with van der Waals surface area (Å²) in [5, 5.41) is 0. The molecule has 142 valence electrons. The summed E-state index contributed by atoms with van der Waals surface area (Å²) in [6.45, 7) is 2.82. The molecule has 0 amide bonds. The number of benzene rings is 2. The highest BCUT2D eigenvalue weighted by atomic mass is 32.2. The van der Waals surface area contributed by atoms with Crippen molar-refractivity contribution in [2.45, 2.75) is 34.6 Å². The SMILES string of the molecule is Cc1ccc(S(=O)(=O)NCCCn2ccnc2)cc1[S+]([O-])c1ccccc1. The van der Waals surface area contributed by atoms with E-state index in [2.05, 4.69) is 9.71 Å². The van der Waals surface area contributed by atoms with Crippen LogP contribution in [-0.4, -0.2) is 29.1 Å². The van der Waals surface area contributed by atoms with Gasteiger partial charge < -0.3 is 9.12 Å². The number of nitrogens with zero attached hydrogens (tertiary/aromatic N) is 2. The number of rotatable bonds is 8. The Labute approximate surface area is 162 Å². The van der Waals surface area contributed by atoms with Gasteiger partial charge >= 0.3 is 0 Å². The maximum atomic E-state index is 12.8. The molecule has 0 radical (unpaired) electrons. The van der Waals surface area contributed by atoms with Crippen molar-refractivity contribution >= 4 is 21.2 Å². The molecule has 0 spiro atoms. The first-order chi connectivity index (χ1) is 13.0. The second-order valence-corrected chi connectivity index (χ2v) is 9.28. The number of nitrogens with one attached hydrogen (secondary N) is 1. The van der Waals surface area contributed by atoms with Gasteiger partial charge in [0.15, 0.2) is 9.79 Å². The largest absolute Gasteiger partial charge is 0.606 e. The molecular weight excluding hydrogens is 382 g/mol. The van der Waals surface area contributed by atoms with E-state index in [4.69, 9.17) is 0 Å². The van der Waals surface area contributed by atoms with Crippen LogP contribution in [0.1, 0.15) is 12.0 Å². The van der Waals surface area contributed by atoms with Crippen molar-refractivity contribution in [2.75, 3.05) is 6.54 Å². The van der Waals surface area contributed by atoms with Crippen LogP contribution in [0, 0.1) is 6.92 Å². The lowest BCUT2D eigenvalue weighted by Crippen LogP contribution is -2.25. The number of hydrogen-bond acceptors (Lipinski definition) is 4. The monoisotopic (exact) mass is 403 g/mol. The topological polar surface area (TPSA) is 87.0 Å². The van der Waals surface area contributed by atoms with Crippen LogP contribution in [-0.2, 0) is 27.7 Å². The summed E-state index contributed by atoms with van der Waals surface area (Å²) in [7, 11) is -3.67. The molecule has 1 heterocycles. The van der Waals surface area contributed by atoms with Crippen LogP contribution in [0.15, 0.2) is 81.9 Å². The Hall–Kier alpha value is -2.13. The van der Waals surface area contributed by atoms with E-state index in [9.17, 15) is 13.0 Å². The van der Waals surface area contributed by atoms with Gasteiger partial charge in [0.2, 0.25) is 10.0 Å². The molecule has 0 fully saturated rings. The van der Waals surface area contributed by atoms with Crippen molar-refractivity contribution in [2.24, 2.45) is 0 Å². The van der Waals surface area contributed by atoms with Gasteiger partial charge in [-0.15, -0.1) is 0 Å². The number of aryl methyl sites for hydroxylation is 2. The molecule has 0 bridgehead atoms. The zero-order valence-corrected chi connectivity index (χ0v) is 16.5. The lowest BCUT2D eigenvalue weighted by atomic mass is 10.2. The highest BCUT2D eigenvalue weighted by Gasteiger charge is 2.22. The van der Waals surface area contributed by atoms with E-state index in [0.29, 0.717) is 29.3 Å². The van der Waals surface area contributed by atoms with E-state index in [1.807, 2.05) is 35.9 Å². The fraction of sp³-hybridized carbons (Fsp3) is 0.211. The first-order valence-corrected chi connectivity index (χ1v) is 11.1. The first kappa shape index (κ1) is 19.6. The summed E-state index contributed by atoms with van der Waals surface area (Å²) in [5.74, 6) is 0. The van der Waals surface area contributed by atoms with Gasteiger partial charge in [-0.1, -0.05) is 24.3 Å². The molecule has 0 aliphatic heterocycles. The third-order valence-electron chi connectivity index (χ3n) is 4.07. The van der Waals surface area contributed by atoms with E-state index in [0.717, 1.165) is 5.56 Å². The number of imidazole rings is 1. The fourth-order valence-corrected chi connectivity index (χ4v) is 5.02. The molecule has 1 aromatic heterocycles. The van der Waals surface area contributed by atoms with Gasteiger partial charge in [0.1, 0.15) is 0 Å². The highest BCUT2D eigenvalue weighted by Crippen LogP contribution is 2.26. The van der Waals surface area contributed by atoms with Crippen LogP contribution in [0.5, 0.6) is 0 Å². The second-order valence-electron chi connectivity index (χ2n) is 6.06. The minimum absolute atomic E-state index is 0.120. The smallest absolute Gasteiger partial charge is 0.240 e. The minimum atomic E-state index is -3.67. The van der Waals surface area contributed by atoms with Crippen molar-refractivity contribution < 1.29 is 13.0 Å². The van der Waals surface area contributed by atoms with Crippen molar-refractivity contribution in [3.05, 3.63) is 72.8 Å². The molecule has 0 saturated carbocycles. The summed E-state index contributed by atoms with van der Waals surface area (Å²) in [6, 6.07) is 13.7. The van der Waals surface area contributed by atoms with E-state index in [1.54, 1.807) is 36.8 Å². The van der Waals surface area contributed by atoms with Crippen LogP contribution in [0.25, 0.3) is 0 Å². The number of aromatic nitrogens is 2. The van der Waals surface area contributed by atoms with Crippen molar-refractivity contribution in [3.8, 4) is 0 Å². The number of sulfonamides is 1. The zero-order valence-electron chi connectivity index (χ0n) is 14.9. The summed E-state index contributed by atoms with van der Waals surface area (Å²) < 4.78 is 42.5. The molecule has 2 aromatic carbocycles. The molecule has 1 unspecified atom stereocenters. The standard InChI is InChI=1S/C19H21N3O3S2/c1-16-8-9-18(14-19(16)26(23)17-6-3-2-4-7-17)27(24,25)21-10-5-12-22-13-11-20-15-22/h2-4,6-9,11,13-15,21H,5,10,12H2,1H3. The number of hydrogen-bond donors (Lipinski definition) is 1. The van der Waals surface area contributed by atoms with Crippen molar-refractivity contribution in [1.29, 1.82) is 0 Å². The molecule has 1 N–H and O–H groups in total. The molecule has 3 rings (SSSR count). The summed E-state index contributed by atoms with van der Waals surface area (Å²) in [6.07, 6.45) is 5.86. The first-order valence-electron chi connectivity index (χ1n) is 8.50. The predicted octanol–water partition coefficient (Wildman–Crippen LogP) is 2.73. The zero-order chi connectivity index (χ0) is 19.3. The van der Waals surface area contributed by atoms with Gasteiger partial charge in [-0.3, -0.25) is 0 Å². The van der Waals surface area contributed by atoms with Crippen LogP contribution >= 0.6 is 0 Å². The molecule has 8 heteroatoms. The third-order valence-corrected chi connectivity index (χ3v) is 7.07. The van der Waals surface area contributed by atoms with Gasteiger partial charge in [-0.2, -0.15) is 0 Å². The van der Waals surface area contributed by atoms with E-state index >= 15 is 0 Å². The Morgan fingerprint density at radius 3 is 2.67 bits per heavy atom. The summed E-state index contributed by atoms with van der Waals surface area (Å²) in [4.78, 5) is 5.22. The van der Waals surface area contributed by atoms with Crippen molar-refractivity contribution in [1.82, 2.24) is 14.3 Å². The van der Waals surface area contributed by atoms with Gasteiger partial charge in [-0.05, 0) is 31.5 Å². The lowest BCUT2D eigenvalue weighted by Gasteiger charge is -2.14. The van der Waals surface area contributed by atoms with Gasteiger partial charge in [0.05, 0.1) is 11.2 Å². The van der Waals surface area contributed by atoms with Crippen LogP contribution in [0.4, 0.5) is 0 Å². The second kappa shape index (κ2) is 8.71. The Morgan fingerprint density at radius 2 is 1.96 bits per heavy atom. The molecule has 0 aliphatic rings. The van der Waals surface area contributed by atoms with E-state index < -0.39 is 21.2 Å². The average Bonchev–Trinajstić information content (AvgIpc) is 3.19. The Balaban J connectivity index is 1.71. The summed E-state index contributed by atoms with van der Waals surface area (Å²) in [5.41, 5.74) is 0.788. The molecule has 1 atom stereocenters. The molecule has 3 aromatic rings. The maximum Gasteiger partial charge on any atom is 0.240 e. The minimum Gasteiger partial charge on any atom is -0.606 e. The van der Waals surface area contributed by atoms with E-state index in [1.165, 1.54) is 6.07 Å². The summed E-state index contributed by atoms with van der Waals surface area (Å²) >= 11 is -1.43. The van der Waals surface area contributed by atoms with Gasteiger partial charge in [0.25, 0.3) is 0 Å². The predicted molar refractivity (Wildman–Crippen MR) is 104 cm³/mol. The Morgan fingerprint density at radius 1 is 1.19 bits per heavy atom.